The normalized spacial score (nSPS) is 10.4. The second kappa shape index (κ2) is 7.94. The highest BCUT2D eigenvalue weighted by Gasteiger charge is 2.10. The van der Waals surface area contributed by atoms with Crippen LogP contribution in [-0.2, 0) is 11.2 Å². The number of halogens is 1. The van der Waals surface area contributed by atoms with Crippen molar-refractivity contribution in [2.24, 2.45) is 0 Å². The Hall–Kier alpha value is -2.12. The molecule has 1 aromatic heterocycles. The van der Waals surface area contributed by atoms with Crippen LogP contribution in [0.3, 0.4) is 0 Å². The van der Waals surface area contributed by atoms with E-state index in [2.05, 4.69) is 20.9 Å². The lowest BCUT2D eigenvalue weighted by Crippen LogP contribution is -2.31. The standard InChI is InChI=1S/C15H17ClN4O2S/c1-9(2)17-13(21)7-12-8-23-15(19-12)20-14(22)18-11-5-3-10(16)4-6-11/h3-6,8-9H,7H2,1-2H3,(H,17,21)(H2,18,19,20,22). The Morgan fingerprint density at radius 1 is 1.22 bits per heavy atom. The Morgan fingerprint density at radius 2 is 1.91 bits per heavy atom. The van der Waals surface area contributed by atoms with E-state index in [1.165, 1.54) is 11.3 Å². The predicted octanol–water partition coefficient (Wildman–Crippen LogP) is 3.51. The third kappa shape index (κ3) is 5.88. The smallest absolute Gasteiger partial charge is 0.325 e. The van der Waals surface area contributed by atoms with Crippen molar-refractivity contribution < 1.29 is 9.59 Å². The maximum Gasteiger partial charge on any atom is 0.325 e. The molecular weight excluding hydrogens is 336 g/mol. The van der Waals surface area contributed by atoms with Crippen LogP contribution in [0.2, 0.25) is 5.02 Å². The molecule has 0 radical (unpaired) electrons. The summed E-state index contributed by atoms with van der Waals surface area (Å²) >= 11 is 7.05. The third-order valence-electron chi connectivity index (χ3n) is 2.67. The molecule has 6 nitrogen and oxygen atoms in total. The quantitative estimate of drug-likeness (QED) is 0.770. The average Bonchev–Trinajstić information content (AvgIpc) is 2.87. The van der Waals surface area contributed by atoms with Crippen LogP contribution in [0.25, 0.3) is 0 Å². The van der Waals surface area contributed by atoms with E-state index in [1.54, 1.807) is 29.6 Å². The number of carbonyl (C=O) groups excluding carboxylic acids is 2. The van der Waals surface area contributed by atoms with Crippen LogP contribution in [0.5, 0.6) is 0 Å². The molecule has 1 heterocycles. The Bertz CT molecular complexity index is 685. The lowest BCUT2D eigenvalue weighted by molar-refractivity contribution is -0.120. The van der Waals surface area contributed by atoms with Gasteiger partial charge in [-0.1, -0.05) is 11.6 Å². The van der Waals surface area contributed by atoms with E-state index in [4.69, 9.17) is 11.6 Å². The van der Waals surface area contributed by atoms with Gasteiger partial charge in [0.1, 0.15) is 0 Å². The summed E-state index contributed by atoms with van der Waals surface area (Å²) in [4.78, 5) is 27.8. The number of urea groups is 1. The number of amides is 3. The Labute approximate surface area is 143 Å². The van der Waals surface area contributed by atoms with Crippen molar-refractivity contribution in [2.45, 2.75) is 26.3 Å². The molecular formula is C15H17ClN4O2S. The zero-order valence-electron chi connectivity index (χ0n) is 12.7. The molecule has 0 aliphatic rings. The number of nitrogens with zero attached hydrogens (tertiary/aromatic N) is 1. The molecule has 0 atom stereocenters. The van der Waals surface area contributed by atoms with Crippen molar-refractivity contribution in [2.75, 3.05) is 10.6 Å². The fraction of sp³-hybridized carbons (Fsp3) is 0.267. The highest BCUT2D eigenvalue weighted by atomic mass is 35.5. The summed E-state index contributed by atoms with van der Waals surface area (Å²) in [6, 6.07) is 6.46. The number of nitrogens with one attached hydrogen (secondary N) is 3. The number of aromatic nitrogens is 1. The number of thiazole rings is 1. The highest BCUT2D eigenvalue weighted by Crippen LogP contribution is 2.17. The van der Waals surface area contributed by atoms with Crippen molar-refractivity contribution in [3.63, 3.8) is 0 Å². The summed E-state index contributed by atoms with van der Waals surface area (Å²) < 4.78 is 0. The van der Waals surface area contributed by atoms with Crippen LogP contribution < -0.4 is 16.0 Å². The van der Waals surface area contributed by atoms with Crippen LogP contribution in [0.4, 0.5) is 15.6 Å². The molecule has 0 unspecified atom stereocenters. The first kappa shape index (κ1) is 17.2. The molecule has 122 valence electrons. The monoisotopic (exact) mass is 352 g/mol. The summed E-state index contributed by atoms with van der Waals surface area (Å²) in [5, 5.41) is 10.9. The third-order valence-corrected chi connectivity index (χ3v) is 3.72. The Balaban J connectivity index is 1.87. The van der Waals surface area contributed by atoms with E-state index in [-0.39, 0.29) is 18.4 Å². The van der Waals surface area contributed by atoms with Gasteiger partial charge in [-0.15, -0.1) is 11.3 Å². The number of carbonyl (C=O) groups is 2. The topological polar surface area (TPSA) is 83.1 Å². The van der Waals surface area contributed by atoms with Gasteiger partial charge in [-0.2, -0.15) is 0 Å². The van der Waals surface area contributed by atoms with Gasteiger partial charge in [0.15, 0.2) is 5.13 Å². The molecule has 0 aliphatic heterocycles. The largest absolute Gasteiger partial charge is 0.354 e. The predicted molar refractivity (Wildman–Crippen MR) is 93.2 cm³/mol. The molecule has 0 bridgehead atoms. The number of anilines is 2. The maximum absolute atomic E-state index is 11.9. The fourth-order valence-corrected chi connectivity index (χ4v) is 2.61. The number of hydrogen-bond acceptors (Lipinski definition) is 4. The average molecular weight is 353 g/mol. The van der Waals surface area contributed by atoms with Gasteiger partial charge >= 0.3 is 6.03 Å². The molecule has 0 aliphatic carbocycles. The minimum absolute atomic E-state index is 0.0869. The van der Waals surface area contributed by atoms with Crippen LogP contribution in [-0.4, -0.2) is 23.0 Å². The summed E-state index contributed by atoms with van der Waals surface area (Å²) in [6.07, 6.45) is 0.190. The summed E-state index contributed by atoms with van der Waals surface area (Å²) in [6.45, 7) is 3.79. The van der Waals surface area contributed by atoms with E-state index < -0.39 is 6.03 Å². The molecule has 1 aromatic carbocycles. The maximum atomic E-state index is 11.9. The van der Waals surface area contributed by atoms with Gasteiger partial charge in [0, 0.05) is 22.1 Å². The fourth-order valence-electron chi connectivity index (χ4n) is 1.78. The van der Waals surface area contributed by atoms with Crippen molar-refractivity contribution in [3.05, 3.63) is 40.4 Å². The highest BCUT2D eigenvalue weighted by molar-refractivity contribution is 7.14. The van der Waals surface area contributed by atoms with E-state index in [0.29, 0.717) is 21.5 Å². The minimum Gasteiger partial charge on any atom is -0.354 e. The number of hydrogen-bond donors (Lipinski definition) is 3. The first-order valence-corrected chi connectivity index (χ1v) is 8.25. The van der Waals surface area contributed by atoms with E-state index in [9.17, 15) is 9.59 Å². The van der Waals surface area contributed by atoms with Crippen molar-refractivity contribution >= 4 is 45.7 Å². The van der Waals surface area contributed by atoms with Gasteiger partial charge in [-0.25, -0.2) is 9.78 Å². The van der Waals surface area contributed by atoms with Crippen LogP contribution >= 0.6 is 22.9 Å². The zero-order valence-corrected chi connectivity index (χ0v) is 14.3. The molecule has 0 fully saturated rings. The van der Waals surface area contributed by atoms with Crippen LogP contribution in [0.15, 0.2) is 29.6 Å². The summed E-state index contributed by atoms with van der Waals surface area (Å²) in [5.74, 6) is -0.0949. The SMILES string of the molecule is CC(C)NC(=O)Cc1csc(NC(=O)Nc2ccc(Cl)cc2)n1. The summed E-state index contributed by atoms with van der Waals surface area (Å²) in [7, 11) is 0. The second-order valence-corrected chi connectivity index (χ2v) is 6.42. The van der Waals surface area contributed by atoms with Gasteiger partial charge in [0.05, 0.1) is 12.1 Å². The molecule has 2 rings (SSSR count). The summed E-state index contributed by atoms with van der Waals surface area (Å²) in [5.41, 5.74) is 1.25. The Kier molecular flexibility index (Phi) is 5.95. The van der Waals surface area contributed by atoms with E-state index in [0.717, 1.165) is 0 Å². The van der Waals surface area contributed by atoms with E-state index >= 15 is 0 Å². The molecule has 23 heavy (non-hydrogen) atoms. The van der Waals surface area contributed by atoms with Gasteiger partial charge in [-0.3, -0.25) is 10.1 Å². The van der Waals surface area contributed by atoms with Crippen LogP contribution in [0.1, 0.15) is 19.5 Å². The molecule has 8 heteroatoms. The van der Waals surface area contributed by atoms with Gasteiger partial charge in [0.2, 0.25) is 5.91 Å². The number of rotatable bonds is 5. The van der Waals surface area contributed by atoms with Gasteiger partial charge in [0.25, 0.3) is 0 Å². The van der Waals surface area contributed by atoms with Crippen molar-refractivity contribution in [3.8, 4) is 0 Å². The van der Waals surface area contributed by atoms with Crippen LogP contribution in [0, 0.1) is 0 Å². The van der Waals surface area contributed by atoms with Crippen molar-refractivity contribution in [1.82, 2.24) is 10.3 Å². The molecule has 3 amide bonds. The second-order valence-electron chi connectivity index (χ2n) is 5.13. The molecule has 0 spiro atoms. The van der Waals surface area contributed by atoms with Crippen molar-refractivity contribution in [1.29, 1.82) is 0 Å². The lowest BCUT2D eigenvalue weighted by Gasteiger charge is -2.06. The first-order chi connectivity index (χ1) is 10.9. The first-order valence-electron chi connectivity index (χ1n) is 6.99. The minimum atomic E-state index is -0.403. The molecule has 0 saturated carbocycles. The Morgan fingerprint density at radius 3 is 2.57 bits per heavy atom. The van der Waals surface area contributed by atoms with Gasteiger partial charge in [-0.05, 0) is 38.1 Å². The number of benzene rings is 1. The van der Waals surface area contributed by atoms with E-state index in [1.807, 2.05) is 13.8 Å². The lowest BCUT2D eigenvalue weighted by atomic mass is 10.3. The molecule has 3 N–H and O–H groups in total. The van der Waals surface area contributed by atoms with Gasteiger partial charge < -0.3 is 10.6 Å². The molecule has 2 aromatic rings. The zero-order chi connectivity index (χ0) is 16.8. The molecule has 0 saturated heterocycles.